The van der Waals surface area contributed by atoms with E-state index in [1.54, 1.807) is 14.2 Å². The lowest BCUT2D eigenvalue weighted by Gasteiger charge is -2.12. The van der Waals surface area contributed by atoms with Crippen LogP contribution in [0.15, 0.2) is 29.3 Å². The lowest BCUT2D eigenvalue weighted by molar-refractivity contribution is 0.355. The molecular weight excluding hydrogens is 284 g/mol. The number of rotatable bonds is 4. The fraction of sp³-hybridized carbons (Fsp3) is 0.250. The van der Waals surface area contributed by atoms with Gasteiger partial charge in [-0.25, -0.2) is 4.98 Å². The molecule has 0 aliphatic rings. The van der Waals surface area contributed by atoms with Gasteiger partial charge in [0.15, 0.2) is 11.5 Å². The molecule has 0 saturated carbocycles. The first kappa shape index (κ1) is 15.2. The Hall–Kier alpha value is -2.19. The Morgan fingerprint density at radius 2 is 1.86 bits per heavy atom. The highest BCUT2D eigenvalue weighted by Gasteiger charge is 2.12. The SMILES string of the molecule is COc1ccc(-c2cc(C#N)c(SC)nc2C)cc1OC. The summed E-state index contributed by atoms with van der Waals surface area (Å²) in [7, 11) is 3.20. The Bertz CT molecular complexity index is 708. The van der Waals surface area contributed by atoms with Crippen LogP contribution in [-0.2, 0) is 0 Å². The van der Waals surface area contributed by atoms with E-state index in [1.807, 2.05) is 37.4 Å². The Morgan fingerprint density at radius 1 is 1.14 bits per heavy atom. The third-order valence-corrected chi connectivity index (χ3v) is 3.88. The van der Waals surface area contributed by atoms with Gasteiger partial charge in [-0.2, -0.15) is 5.26 Å². The number of pyridine rings is 1. The van der Waals surface area contributed by atoms with Gasteiger partial charge in [0.05, 0.1) is 19.8 Å². The number of aryl methyl sites for hydroxylation is 1. The van der Waals surface area contributed by atoms with Crippen molar-refractivity contribution < 1.29 is 9.47 Å². The minimum atomic E-state index is 0.581. The van der Waals surface area contributed by atoms with Crippen molar-refractivity contribution in [3.8, 4) is 28.7 Å². The fourth-order valence-corrected chi connectivity index (χ4v) is 2.67. The number of nitriles is 1. The van der Waals surface area contributed by atoms with Gasteiger partial charge in [-0.3, -0.25) is 0 Å². The van der Waals surface area contributed by atoms with E-state index in [0.29, 0.717) is 17.1 Å². The third-order valence-electron chi connectivity index (χ3n) is 3.19. The minimum absolute atomic E-state index is 0.581. The third kappa shape index (κ3) is 2.96. The van der Waals surface area contributed by atoms with Crippen molar-refractivity contribution in [1.29, 1.82) is 5.26 Å². The van der Waals surface area contributed by atoms with Gasteiger partial charge in [0.2, 0.25) is 0 Å². The second-order valence-electron chi connectivity index (χ2n) is 4.36. The zero-order valence-corrected chi connectivity index (χ0v) is 13.2. The molecule has 0 aliphatic carbocycles. The quantitative estimate of drug-likeness (QED) is 0.806. The molecule has 2 aromatic rings. The number of thioether (sulfide) groups is 1. The maximum absolute atomic E-state index is 9.25. The number of ether oxygens (including phenoxy) is 2. The molecule has 0 spiro atoms. The largest absolute Gasteiger partial charge is 0.493 e. The van der Waals surface area contributed by atoms with Crippen molar-refractivity contribution in [2.45, 2.75) is 11.9 Å². The summed E-state index contributed by atoms with van der Waals surface area (Å²) >= 11 is 1.47. The van der Waals surface area contributed by atoms with Gasteiger partial charge in [-0.15, -0.1) is 11.8 Å². The van der Waals surface area contributed by atoms with Crippen molar-refractivity contribution in [3.63, 3.8) is 0 Å². The number of hydrogen-bond donors (Lipinski definition) is 0. The molecular formula is C16H16N2O2S. The van der Waals surface area contributed by atoms with Crippen LogP contribution in [-0.4, -0.2) is 25.5 Å². The maximum Gasteiger partial charge on any atom is 0.161 e. The summed E-state index contributed by atoms with van der Waals surface area (Å²) in [5.41, 5.74) is 3.33. The van der Waals surface area contributed by atoms with E-state index >= 15 is 0 Å². The van der Waals surface area contributed by atoms with Gasteiger partial charge in [0.1, 0.15) is 11.1 Å². The summed E-state index contributed by atoms with van der Waals surface area (Å²) in [6, 6.07) is 9.74. The second-order valence-corrected chi connectivity index (χ2v) is 5.15. The van der Waals surface area contributed by atoms with Crippen LogP contribution in [0.25, 0.3) is 11.1 Å². The molecule has 108 valence electrons. The first-order valence-electron chi connectivity index (χ1n) is 6.32. The maximum atomic E-state index is 9.25. The summed E-state index contributed by atoms with van der Waals surface area (Å²) in [4.78, 5) is 4.51. The number of aromatic nitrogens is 1. The second kappa shape index (κ2) is 6.51. The van der Waals surface area contributed by atoms with E-state index in [9.17, 15) is 5.26 Å². The molecule has 0 fully saturated rings. The van der Waals surface area contributed by atoms with E-state index in [-0.39, 0.29) is 0 Å². The Labute approximate surface area is 128 Å². The minimum Gasteiger partial charge on any atom is -0.493 e. The molecule has 0 amide bonds. The van der Waals surface area contributed by atoms with Crippen LogP contribution in [0.1, 0.15) is 11.3 Å². The molecule has 21 heavy (non-hydrogen) atoms. The zero-order chi connectivity index (χ0) is 15.4. The molecule has 0 atom stereocenters. The van der Waals surface area contributed by atoms with Crippen molar-refractivity contribution in [1.82, 2.24) is 4.98 Å². The predicted octanol–water partition coefficient (Wildman–Crippen LogP) is 3.67. The molecule has 0 radical (unpaired) electrons. The van der Waals surface area contributed by atoms with Gasteiger partial charge in [-0.05, 0) is 36.9 Å². The van der Waals surface area contributed by atoms with Gasteiger partial charge < -0.3 is 9.47 Å². The molecule has 0 bridgehead atoms. The van der Waals surface area contributed by atoms with Gasteiger partial charge in [-0.1, -0.05) is 6.07 Å². The van der Waals surface area contributed by atoms with E-state index < -0.39 is 0 Å². The van der Waals surface area contributed by atoms with Crippen LogP contribution in [0.4, 0.5) is 0 Å². The van der Waals surface area contributed by atoms with Crippen LogP contribution in [0.3, 0.4) is 0 Å². The van der Waals surface area contributed by atoms with Crippen LogP contribution in [0.2, 0.25) is 0 Å². The predicted molar refractivity (Wildman–Crippen MR) is 84.0 cm³/mol. The highest BCUT2D eigenvalue weighted by atomic mass is 32.2. The summed E-state index contributed by atoms with van der Waals surface area (Å²) in [6.07, 6.45) is 1.92. The van der Waals surface area contributed by atoms with E-state index in [2.05, 4.69) is 11.1 Å². The van der Waals surface area contributed by atoms with Crippen molar-refractivity contribution in [2.75, 3.05) is 20.5 Å². The normalized spacial score (nSPS) is 10.0. The summed E-state index contributed by atoms with van der Waals surface area (Å²) in [6.45, 7) is 1.94. The molecule has 1 aromatic heterocycles. The summed E-state index contributed by atoms with van der Waals surface area (Å²) in [5, 5.41) is 10.00. The van der Waals surface area contributed by atoms with E-state index in [4.69, 9.17) is 9.47 Å². The van der Waals surface area contributed by atoms with Crippen molar-refractivity contribution in [2.24, 2.45) is 0 Å². The van der Waals surface area contributed by atoms with E-state index in [1.165, 1.54) is 11.8 Å². The van der Waals surface area contributed by atoms with Crippen molar-refractivity contribution >= 4 is 11.8 Å². The van der Waals surface area contributed by atoms with Crippen LogP contribution in [0, 0.1) is 18.3 Å². The van der Waals surface area contributed by atoms with Crippen molar-refractivity contribution in [3.05, 3.63) is 35.5 Å². The molecule has 4 nitrogen and oxygen atoms in total. The number of methoxy groups -OCH3 is 2. The van der Waals surface area contributed by atoms with Crippen LogP contribution >= 0.6 is 11.8 Å². The fourth-order valence-electron chi connectivity index (χ4n) is 2.11. The molecule has 0 unspecified atom stereocenters. The Kier molecular flexibility index (Phi) is 4.71. The number of benzene rings is 1. The Balaban J connectivity index is 2.59. The zero-order valence-electron chi connectivity index (χ0n) is 12.4. The molecule has 0 N–H and O–H groups in total. The van der Waals surface area contributed by atoms with Gasteiger partial charge in [0, 0.05) is 11.3 Å². The van der Waals surface area contributed by atoms with Crippen LogP contribution in [0.5, 0.6) is 11.5 Å². The summed E-state index contributed by atoms with van der Waals surface area (Å²) in [5.74, 6) is 1.33. The van der Waals surface area contributed by atoms with E-state index in [0.717, 1.165) is 21.8 Å². The smallest absolute Gasteiger partial charge is 0.161 e. The highest BCUT2D eigenvalue weighted by Crippen LogP contribution is 2.34. The lowest BCUT2D eigenvalue weighted by Crippen LogP contribution is -1.95. The van der Waals surface area contributed by atoms with Gasteiger partial charge >= 0.3 is 0 Å². The average Bonchev–Trinajstić information content (AvgIpc) is 2.53. The first-order valence-corrected chi connectivity index (χ1v) is 7.55. The first-order chi connectivity index (χ1) is 10.1. The number of hydrogen-bond acceptors (Lipinski definition) is 5. The monoisotopic (exact) mass is 300 g/mol. The summed E-state index contributed by atoms with van der Waals surface area (Å²) < 4.78 is 10.6. The standard InChI is InChI=1S/C16H16N2O2S/c1-10-13(7-12(9-17)16(18-10)21-4)11-5-6-14(19-2)15(8-11)20-3/h5-8H,1-4H3. The molecule has 2 rings (SSSR count). The molecule has 0 saturated heterocycles. The number of nitrogens with zero attached hydrogens (tertiary/aromatic N) is 2. The Morgan fingerprint density at radius 3 is 2.43 bits per heavy atom. The molecule has 1 heterocycles. The topological polar surface area (TPSA) is 55.1 Å². The van der Waals surface area contributed by atoms with Gasteiger partial charge in [0.25, 0.3) is 0 Å². The van der Waals surface area contributed by atoms with Crippen LogP contribution < -0.4 is 9.47 Å². The lowest BCUT2D eigenvalue weighted by atomic mass is 10.0. The highest BCUT2D eigenvalue weighted by molar-refractivity contribution is 7.98. The molecule has 1 aromatic carbocycles. The molecule has 0 aliphatic heterocycles. The average molecular weight is 300 g/mol. The molecule has 5 heteroatoms.